The Kier molecular flexibility index (Phi) is 3.52. The van der Waals surface area contributed by atoms with Gasteiger partial charge in [-0.3, -0.25) is 0 Å². The summed E-state index contributed by atoms with van der Waals surface area (Å²) in [6, 6.07) is 7.06. The van der Waals surface area contributed by atoms with Gasteiger partial charge in [0.15, 0.2) is 0 Å². The Balaban J connectivity index is 2.17. The van der Waals surface area contributed by atoms with Crippen molar-refractivity contribution in [3.63, 3.8) is 0 Å². The molecule has 2 aromatic rings. The second-order valence-electron chi connectivity index (χ2n) is 3.91. The summed E-state index contributed by atoms with van der Waals surface area (Å²) in [7, 11) is 0. The molecule has 0 radical (unpaired) electrons. The number of carbonyl (C=O) groups is 1. The number of aryl methyl sites for hydroxylation is 1. The number of nitrogens with zero attached hydrogens (tertiary/aromatic N) is 2. The summed E-state index contributed by atoms with van der Waals surface area (Å²) < 4.78 is 0. The third-order valence-corrected chi connectivity index (χ3v) is 2.51. The van der Waals surface area contributed by atoms with Crippen molar-refractivity contribution in [2.24, 2.45) is 0 Å². The molecule has 1 heterocycles. The van der Waals surface area contributed by atoms with Crippen LogP contribution in [0.2, 0.25) is 0 Å². The van der Waals surface area contributed by atoms with E-state index in [0.29, 0.717) is 12.2 Å². The average molecular weight is 243 g/mol. The number of carboxylic acids is 1. The molecular formula is C13H13N3O2. The first-order valence-electron chi connectivity index (χ1n) is 5.49. The molecule has 0 aliphatic carbocycles. The minimum Gasteiger partial charge on any atom is -0.478 e. The topological polar surface area (TPSA) is 75.1 Å². The van der Waals surface area contributed by atoms with Crippen LogP contribution < -0.4 is 5.32 Å². The fraction of sp³-hybridized carbons (Fsp3) is 0.154. The van der Waals surface area contributed by atoms with E-state index in [1.54, 1.807) is 24.4 Å². The highest BCUT2D eigenvalue weighted by Crippen LogP contribution is 2.18. The van der Waals surface area contributed by atoms with Crippen LogP contribution in [0.5, 0.6) is 0 Å². The van der Waals surface area contributed by atoms with Gasteiger partial charge in [-0.1, -0.05) is 11.6 Å². The zero-order valence-corrected chi connectivity index (χ0v) is 9.92. The lowest BCUT2D eigenvalue weighted by Gasteiger charge is -2.09. The van der Waals surface area contributed by atoms with Crippen LogP contribution in [0, 0.1) is 6.92 Å². The van der Waals surface area contributed by atoms with Gasteiger partial charge in [-0.25, -0.2) is 14.8 Å². The Morgan fingerprint density at radius 3 is 2.89 bits per heavy atom. The van der Waals surface area contributed by atoms with Crippen LogP contribution in [-0.4, -0.2) is 21.0 Å². The fourth-order valence-electron chi connectivity index (χ4n) is 1.60. The zero-order valence-electron chi connectivity index (χ0n) is 9.92. The summed E-state index contributed by atoms with van der Waals surface area (Å²) in [5.74, 6) is -0.941. The van der Waals surface area contributed by atoms with E-state index in [1.807, 2.05) is 13.0 Å². The molecule has 0 aliphatic heterocycles. The molecule has 0 atom stereocenters. The number of benzene rings is 1. The summed E-state index contributed by atoms with van der Waals surface area (Å²) in [5, 5.41) is 12.2. The van der Waals surface area contributed by atoms with Crippen LogP contribution in [0.25, 0.3) is 0 Å². The SMILES string of the molecule is Cc1ccc(NCc2ccncn2)c(C(=O)O)c1. The van der Waals surface area contributed by atoms with E-state index in [-0.39, 0.29) is 5.56 Å². The van der Waals surface area contributed by atoms with Gasteiger partial charge in [0, 0.05) is 11.9 Å². The molecule has 5 heteroatoms. The lowest BCUT2D eigenvalue weighted by molar-refractivity contribution is 0.0698. The van der Waals surface area contributed by atoms with Gasteiger partial charge in [-0.2, -0.15) is 0 Å². The smallest absolute Gasteiger partial charge is 0.337 e. The minimum atomic E-state index is -0.941. The molecule has 2 N–H and O–H groups in total. The van der Waals surface area contributed by atoms with Crippen molar-refractivity contribution < 1.29 is 9.90 Å². The van der Waals surface area contributed by atoms with E-state index in [0.717, 1.165) is 11.3 Å². The van der Waals surface area contributed by atoms with E-state index in [4.69, 9.17) is 5.11 Å². The monoisotopic (exact) mass is 243 g/mol. The second-order valence-corrected chi connectivity index (χ2v) is 3.91. The summed E-state index contributed by atoms with van der Waals surface area (Å²) in [5.41, 5.74) is 2.58. The number of hydrogen-bond acceptors (Lipinski definition) is 4. The molecule has 0 bridgehead atoms. The Morgan fingerprint density at radius 2 is 2.22 bits per heavy atom. The van der Waals surface area contributed by atoms with Crippen molar-refractivity contribution in [1.82, 2.24) is 9.97 Å². The van der Waals surface area contributed by atoms with E-state index in [9.17, 15) is 4.79 Å². The van der Waals surface area contributed by atoms with Crippen LogP contribution in [0.1, 0.15) is 21.6 Å². The van der Waals surface area contributed by atoms with Crippen molar-refractivity contribution in [3.05, 3.63) is 53.6 Å². The third kappa shape index (κ3) is 2.82. The molecule has 0 spiro atoms. The second kappa shape index (κ2) is 5.27. The van der Waals surface area contributed by atoms with Crippen LogP contribution in [0.3, 0.4) is 0 Å². The highest BCUT2D eigenvalue weighted by Gasteiger charge is 2.09. The molecular weight excluding hydrogens is 230 g/mol. The molecule has 0 fully saturated rings. The average Bonchev–Trinajstić information content (AvgIpc) is 2.38. The molecule has 0 saturated heterocycles. The lowest BCUT2D eigenvalue weighted by atomic mass is 10.1. The third-order valence-electron chi connectivity index (χ3n) is 2.51. The quantitative estimate of drug-likeness (QED) is 0.860. The number of hydrogen-bond donors (Lipinski definition) is 2. The minimum absolute atomic E-state index is 0.268. The fourth-order valence-corrected chi connectivity index (χ4v) is 1.60. The van der Waals surface area contributed by atoms with E-state index in [2.05, 4.69) is 15.3 Å². The predicted octanol–water partition coefficient (Wildman–Crippen LogP) is 2.10. The highest BCUT2D eigenvalue weighted by atomic mass is 16.4. The molecule has 5 nitrogen and oxygen atoms in total. The van der Waals surface area contributed by atoms with E-state index < -0.39 is 5.97 Å². The van der Waals surface area contributed by atoms with Crippen LogP contribution in [0.4, 0.5) is 5.69 Å². The summed E-state index contributed by atoms with van der Waals surface area (Å²) in [6.07, 6.45) is 3.11. The Bertz CT molecular complexity index is 555. The standard InChI is InChI=1S/C13H13N3O2/c1-9-2-3-12(11(6-9)13(17)18)15-7-10-4-5-14-8-16-10/h2-6,8,15H,7H2,1H3,(H,17,18). The van der Waals surface area contributed by atoms with Crippen molar-refractivity contribution in [1.29, 1.82) is 0 Å². The molecule has 0 unspecified atom stereocenters. The van der Waals surface area contributed by atoms with Gasteiger partial charge < -0.3 is 10.4 Å². The maximum atomic E-state index is 11.1. The highest BCUT2D eigenvalue weighted by molar-refractivity contribution is 5.94. The number of rotatable bonds is 4. The first kappa shape index (κ1) is 12.0. The molecule has 0 aliphatic rings. The maximum absolute atomic E-state index is 11.1. The lowest BCUT2D eigenvalue weighted by Crippen LogP contribution is -2.07. The van der Waals surface area contributed by atoms with E-state index in [1.165, 1.54) is 6.33 Å². The van der Waals surface area contributed by atoms with Crippen LogP contribution in [0.15, 0.2) is 36.8 Å². The summed E-state index contributed by atoms with van der Waals surface area (Å²) in [4.78, 5) is 19.0. The Morgan fingerprint density at radius 1 is 1.39 bits per heavy atom. The van der Waals surface area contributed by atoms with Crippen molar-refractivity contribution in [2.45, 2.75) is 13.5 Å². The normalized spacial score (nSPS) is 10.1. The van der Waals surface area contributed by atoms with Gasteiger partial charge in [0.1, 0.15) is 6.33 Å². The Labute approximate surface area is 105 Å². The molecule has 1 aromatic carbocycles. The van der Waals surface area contributed by atoms with Gasteiger partial charge >= 0.3 is 5.97 Å². The van der Waals surface area contributed by atoms with Crippen molar-refractivity contribution in [2.75, 3.05) is 5.32 Å². The first-order valence-corrected chi connectivity index (χ1v) is 5.49. The van der Waals surface area contributed by atoms with Crippen LogP contribution in [-0.2, 0) is 6.54 Å². The van der Waals surface area contributed by atoms with Gasteiger partial charge in [-0.05, 0) is 25.1 Å². The molecule has 1 aromatic heterocycles. The number of nitrogens with one attached hydrogen (secondary N) is 1. The van der Waals surface area contributed by atoms with Crippen LogP contribution >= 0.6 is 0 Å². The van der Waals surface area contributed by atoms with E-state index >= 15 is 0 Å². The maximum Gasteiger partial charge on any atom is 0.337 e. The molecule has 18 heavy (non-hydrogen) atoms. The summed E-state index contributed by atoms with van der Waals surface area (Å²) in [6.45, 7) is 2.33. The molecule has 2 rings (SSSR count). The summed E-state index contributed by atoms with van der Waals surface area (Å²) >= 11 is 0. The number of aromatic carboxylic acids is 1. The van der Waals surface area contributed by atoms with Gasteiger partial charge in [0.25, 0.3) is 0 Å². The van der Waals surface area contributed by atoms with Crippen molar-refractivity contribution >= 4 is 11.7 Å². The molecule has 0 saturated carbocycles. The zero-order chi connectivity index (χ0) is 13.0. The van der Waals surface area contributed by atoms with Gasteiger partial charge in [0.05, 0.1) is 17.8 Å². The van der Waals surface area contributed by atoms with Gasteiger partial charge in [0.2, 0.25) is 0 Å². The van der Waals surface area contributed by atoms with Crippen molar-refractivity contribution in [3.8, 4) is 0 Å². The molecule has 92 valence electrons. The largest absolute Gasteiger partial charge is 0.478 e. The van der Waals surface area contributed by atoms with Gasteiger partial charge in [-0.15, -0.1) is 0 Å². The number of aromatic nitrogens is 2. The Hall–Kier alpha value is -2.43. The predicted molar refractivity (Wildman–Crippen MR) is 67.5 cm³/mol. The number of anilines is 1. The number of carboxylic acid groups (broad SMARTS) is 1. The first-order chi connectivity index (χ1) is 8.66. The molecule has 0 amide bonds.